The standard InChI is InChI=1S/C16H24N2O/c19-16(18-15-11-4-5-12-15)17-13-7-6-10-14-8-2-1-3-9-14/h1-3,8-9,15H,4-7,10-13H2,(H2,17,18,19). The van der Waals surface area contributed by atoms with Gasteiger partial charge in [-0.1, -0.05) is 43.2 Å². The topological polar surface area (TPSA) is 41.1 Å². The Morgan fingerprint density at radius 2 is 1.84 bits per heavy atom. The maximum absolute atomic E-state index is 11.6. The van der Waals surface area contributed by atoms with Gasteiger partial charge in [0.25, 0.3) is 0 Å². The first-order valence-corrected chi connectivity index (χ1v) is 7.43. The molecule has 1 saturated carbocycles. The van der Waals surface area contributed by atoms with Crippen molar-refractivity contribution < 1.29 is 4.79 Å². The zero-order valence-electron chi connectivity index (χ0n) is 11.5. The number of aryl methyl sites for hydroxylation is 1. The predicted molar refractivity (Wildman–Crippen MR) is 78.2 cm³/mol. The number of hydrogen-bond donors (Lipinski definition) is 2. The van der Waals surface area contributed by atoms with E-state index in [9.17, 15) is 4.79 Å². The lowest BCUT2D eigenvalue weighted by atomic mass is 10.1. The van der Waals surface area contributed by atoms with E-state index < -0.39 is 0 Å². The van der Waals surface area contributed by atoms with Gasteiger partial charge in [-0.25, -0.2) is 4.79 Å². The molecule has 0 aliphatic heterocycles. The zero-order chi connectivity index (χ0) is 13.3. The molecule has 0 unspecified atom stereocenters. The molecule has 0 aromatic heterocycles. The Morgan fingerprint density at radius 3 is 2.58 bits per heavy atom. The molecule has 0 spiro atoms. The minimum atomic E-state index is 0.00612. The molecule has 0 bridgehead atoms. The maximum atomic E-state index is 11.6. The van der Waals surface area contributed by atoms with E-state index >= 15 is 0 Å². The van der Waals surface area contributed by atoms with Gasteiger partial charge < -0.3 is 10.6 Å². The molecule has 1 fully saturated rings. The van der Waals surface area contributed by atoms with Crippen LogP contribution in [0.1, 0.15) is 44.1 Å². The van der Waals surface area contributed by atoms with Gasteiger partial charge in [-0.2, -0.15) is 0 Å². The first-order valence-electron chi connectivity index (χ1n) is 7.43. The second kappa shape index (κ2) is 7.82. The maximum Gasteiger partial charge on any atom is 0.315 e. The fraction of sp³-hybridized carbons (Fsp3) is 0.562. The summed E-state index contributed by atoms with van der Waals surface area (Å²) in [6, 6.07) is 10.9. The van der Waals surface area contributed by atoms with Crippen molar-refractivity contribution in [2.45, 2.75) is 51.0 Å². The van der Waals surface area contributed by atoms with Crippen molar-refractivity contribution in [3.05, 3.63) is 35.9 Å². The van der Waals surface area contributed by atoms with Gasteiger partial charge in [0, 0.05) is 12.6 Å². The molecule has 1 aliphatic rings. The number of benzene rings is 1. The predicted octanol–water partition coefficient (Wildman–Crippen LogP) is 3.25. The fourth-order valence-corrected chi connectivity index (χ4v) is 2.61. The number of nitrogens with one attached hydrogen (secondary N) is 2. The van der Waals surface area contributed by atoms with Crippen LogP contribution in [-0.4, -0.2) is 18.6 Å². The Bertz CT molecular complexity index is 372. The largest absolute Gasteiger partial charge is 0.338 e. The minimum absolute atomic E-state index is 0.00612. The molecule has 2 rings (SSSR count). The van der Waals surface area contributed by atoms with Gasteiger partial charge in [-0.05, 0) is 37.7 Å². The highest BCUT2D eigenvalue weighted by Crippen LogP contribution is 2.17. The van der Waals surface area contributed by atoms with E-state index in [1.54, 1.807) is 0 Å². The summed E-state index contributed by atoms with van der Waals surface area (Å²) >= 11 is 0. The quantitative estimate of drug-likeness (QED) is 0.757. The molecule has 2 amide bonds. The lowest BCUT2D eigenvalue weighted by molar-refractivity contribution is 0.237. The Hall–Kier alpha value is -1.51. The average Bonchev–Trinajstić information content (AvgIpc) is 2.92. The van der Waals surface area contributed by atoms with Crippen LogP contribution >= 0.6 is 0 Å². The van der Waals surface area contributed by atoms with Crippen molar-refractivity contribution in [1.82, 2.24) is 10.6 Å². The molecular weight excluding hydrogens is 236 g/mol. The van der Waals surface area contributed by atoms with E-state index in [-0.39, 0.29) is 6.03 Å². The smallest absolute Gasteiger partial charge is 0.315 e. The van der Waals surface area contributed by atoms with Gasteiger partial charge in [-0.3, -0.25) is 0 Å². The number of hydrogen-bond acceptors (Lipinski definition) is 1. The highest BCUT2D eigenvalue weighted by atomic mass is 16.2. The minimum Gasteiger partial charge on any atom is -0.338 e. The highest BCUT2D eigenvalue weighted by Gasteiger charge is 2.16. The van der Waals surface area contributed by atoms with E-state index in [1.165, 1.54) is 18.4 Å². The summed E-state index contributed by atoms with van der Waals surface area (Å²) in [6.07, 6.45) is 8.03. The molecule has 0 saturated heterocycles. The van der Waals surface area contributed by atoms with Crippen LogP contribution in [0.2, 0.25) is 0 Å². The summed E-state index contributed by atoms with van der Waals surface area (Å²) in [5.74, 6) is 0. The van der Waals surface area contributed by atoms with Gasteiger partial charge in [-0.15, -0.1) is 0 Å². The van der Waals surface area contributed by atoms with Crippen molar-refractivity contribution >= 4 is 6.03 Å². The van der Waals surface area contributed by atoms with Gasteiger partial charge in [0.2, 0.25) is 0 Å². The van der Waals surface area contributed by atoms with Crippen LogP contribution in [0.5, 0.6) is 0 Å². The van der Waals surface area contributed by atoms with Crippen molar-refractivity contribution in [1.29, 1.82) is 0 Å². The van der Waals surface area contributed by atoms with Gasteiger partial charge in [0.1, 0.15) is 0 Å². The van der Waals surface area contributed by atoms with Crippen LogP contribution in [0.3, 0.4) is 0 Å². The van der Waals surface area contributed by atoms with Gasteiger partial charge in [0.15, 0.2) is 0 Å². The van der Waals surface area contributed by atoms with Gasteiger partial charge in [0.05, 0.1) is 0 Å². The van der Waals surface area contributed by atoms with E-state index in [0.717, 1.165) is 38.6 Å². The lowest BCUT2D eigenvalue weighted by Gasteiger charge is -2.12. The number of carbonyl (C=O) groups excluding carboxylic acids is 1. The normalized spacial score (nSPS) is 15.4. The molecule has 1 aromatic carbocycles. The highest BCUT2D eigenvalue weighted by molar-refractivity contribution is 5.74. The Kier molecular flexibility index (Phi) is 5.73. The van der Waals surface area contributed by atoms with E-state index in [1.807, 2.05) is 6.07 Å². The van der Waals surface area contributed by atoms with Crippen LogP contribution in [0.4, 0.5) is 4.79 Å². The Balaban J connectivity index is 1.50. The summed E-state index contributed by atoms with van der Waals surface area (Å²) in [5, 5.41) is 5.98. The molecule has 3 heteroatoms. The summed E-state index contributed by atoms with van der Waals surface area (Å²) in [4.78, 5) is 11.6. The molecule has 2 N–H and O–H groups in total. The summed E-state index contributed by atoms with van der Waals surface area (Å²) in [7, 11) is 0. The Labute approximate surface area is 115 Å². The SMILES string of the molecule is O=C(NCCCCc1ccccc1)NC1CCCC1. The van der Waals surface area contributed by atoms with Crippen molar-refractivity contribution in [3.63, 3.8) is 0 Å². The van der Waals surface area contributed by atoms with Crippen LogP contribution in [0.25, 0.3) is 0 Å². The van der Waals surface area contributed by atoms with Crippen LogP contribution in [-0.2, 0) is 6.42 Å². The monoisotopic (exact) mass is 260 g/mol. The van der Waals surface area contributed by atoms with E-state index in [2.05, 4.69) is 34.9 Å². The van der Waals surface area contributed by atoms with Crippen LogP contribution in [0, 0.1) is 0 Å². The third-order valence-electron chi connectivity index (χ3n) is 3.71. The third kappa shape index (κ3) is 5.33. The van der Waals surface area contributed by atoms with E-state index in [0.29, 0.717) is 6.04 Å². The van der Waals surface area contributed by atoms with E-state index in [4.69, 9.17) is 0 Å². The number of amides is 2. The fourth-order valence-electron chi connectivity index (χ4n) is 2.61. The van der Waals surface area contributed by atoms with Crippen LogP contribution < -0.4 is 10.6 Å². The zero-order valence-corrected chi connectivity index (χ0v) is 11.5. The molecule has 1 aromatic rings. The average molecular weight is 260 g/mol. The molecule has 1 aliphatic carbocycles. The summed E-state index contributed by atoms with van der Waals surface area (Å²) < 4.78 is 0. The molecule has 0 atom stereocenters. The van der Waals surface area contributed by atoms with Crippen molar-refractivity contribution in [3.8, 4) is 0 Å². The molecule has 0 radical (unpaired) electrons. The summed E-state index contributed by atoms with van der Waals surface area (Å²) in [5.41, 5.74) is 1.37. The second-order valence-corrected chi connectivity index (χ2v) is 5.32. The first-order chi connectivity index (χ1) is 9.34. The summed E-state index contributed by atoms with van der Waals surface area (Å²) in [6.45, 7) is 0.769. The molecule has 19 heavy (non-hydrogen) atoms. The lowest BCUT2D eigenvalue weighted by Crippen LogP contribution is -2.41. The van der Waals surface area contributed by atoms with Crippen molar-refractivity contribution in [2.24, 2.45) is 0 Å². The Morgan fingerprint density at radius 1 is 1.11 bits per heavy atom. The van der Waals surface area contributed by atoms with Gasteiger partial charge >= 0.3 is 6.03 Å². The number of unbranched alkanes of at least 4 members (excludes halogenated alkanes) is 1. The number of rotatable bonds is 6. The number of urea groups is 1. The number of carbonyl (C=O) groups is 1. The second-order valence-electron chi connectivity index (χ2n) is 5.32. The van der Waals surface area contributed by atoms with Crippen LogP contribution in [0.15, 0.2) is 30.3 Å². The van der Waals surface area contributed by atoms with Crippen molar-refractivity contribution in [2.75, 3.05) is 6.54 Å². The molecule has 104 valence electrons. The molecule has 3 nitrogen and oxygen atoms in total. The first kappa shape index (κ1) is 13.9. The third-order valence-corrected chi connectivity index (χ3v) is 3.71. The molecular formula is C16H24N2O. The molecule has 0 heterocycles.